The molecule has 0 aliphatic carbocycles. The second-order valence-corrected chi connectivity index (χ2v) is 4.50. The summed E-state index contributed by atoms with van der Waals surface area (Å²) in [6.45, 7) is 3.49. The first-order valence-electron chi connectivity index (χ1n) is 5.27. The Balaban J connectivity index is 2.50. The molecule has 0 aromatic heterocycles. The van der Waals surface area contributed by atoms with E-state index in [1.807, 2.05) is 0 Å². The van der Waals surface area contributed by atoms with Gasteiger partial charge in [-0.2, -0.15) is 0 Å². The Morgan fingerprint density at radius 1 is 1.53 bits per heavy atom. The molecule has 1 unspecified atom stereocenters. The van der Waals surface area contributed by atoms with Gasteiger partial charge in [-0.05, 0) is 19.1 Å². The van der Waals surface area contributed by atoms with Crippen molar-refractivity contribution in [3.8, 4) is 5.75 Å². The molecule has 2 rings (SSSR count). The van der Waals surface area contributed by atoms with E-state index in [1.54, 1.807) is 19.1 Å². The van der Waals surface area contributed by atoms with Crippen LogP contribution in [0, 0.1) is 5.92 Å². The maximum atomic E-state index is 11.7. The SMILES string of the molecule is CC(=O)c1cc(Cl)c2c(c1)NC(=O)C(C)CO2. The van der Waals surface area contributed by atoms with Crippen LogP contribution >= 0.6 is 11.6 Å². The quantitative estimate of drug-likeness (QED) is 0.783. The number of amides is 1. The van der Waals surface area contributed by atoms with Crippen molar-refractivity contribution in [3.63, 3.8) is 0 Å². The molecule has 0 fully saturated rings. The van der Waals surface area contributed by atoms with E-state index < -0.39 is 0 Å². The van der Waals surface area contributed by atoms with Crippen LogP contribution in [0.1, 0.15) is 24.2 Å². The van der Waals surface area contributed by atoms with Crippen LogP contribution in [0.5, 0.6) is 5.75 Å². The highest BCUT2D eigenvalue weighted by molar-refractivity contribution is 6.33. The van der Waals surface area contributed by atoms with Crippen LogP contribution in [0.3, 0.4) is 0 Å². The van der Waals surface area contributed by atoms with Crippen LogP contribution in [0.2, 0.25) is 5.02 Å². The second kappa shape index (κ2) is 4.37. The molecule has 1 aliphatic rings. The highest BCUT2D eigenvalue weighted by Gasteiger charge is 2.23. The van der Waals surface area contributed by atoms with E-state index in [1.165, 1.54) is 6.92 Å². The molecular formula is C12H12ClNO3. The number of carbonyl (C=O) groups is 2. The molecule has 1 aromatic rings. The van der Waals surface area contributed by atoms with Gasteiger partial charge in [0.25, 0.3) is 0 Å². The lowest BCUT2D eigenvalue weighted by molar-refractivity contribution is -0.119. The number of nitrogens with one attached hydrogen (secondary N) is 1. The molecule has 4 nitrogen and oxygen atoms in total. The van der Waals surface area contributed by atoms with Crippen LogP contribution in [-0.2, 0) is 4.79 Å². The Kier molecular flexibility index (Phi) is 3.07. The first kappa shape index (κ1) is 11.9. The zero-order valence-electron chi connectivity index (χ0n) is 9.54. The topological polar surface area (TPSA) is 55.4 Å². The molecule has 0 saturated heterocycles. The summed E-state index contributed by atoms with van der Waals surface area (Å²) >= 11 is 6.03. The fourth-order valence-electron chi connectivity index (χ4n) is 1.58. The zero-order chi connectivity index (χ0) is 12.6. The van der Waals surface area contributed by atoms with E-state index in [2.05, 4.69) is 5.32 Å². The van der Waals surface area contributed by atoms with Crippen LogP contribution < -0.4 is 10.1 Å². The number of anilines is 1. The molecule has 0 bridgehead atoms. The van der Waals surface area contributed by atoms with Gasteiger partial charge in [0, 0.05) is 5.56 Å². The molecule has 1 atom stereocenters. The van der Waals surface area contributed by atoms with Gasteiger partial charge in [0.05, 0.1) is 23.2 Å². The van der Waals surface area contributed by atoms with Gasteiger partial charge in [-0.3, -0.25) is 9.59 Å². The zero-order valence-corrected chi connectivity index (χ0v) is 10.3. The Morgan fingerprint density at radius 2 is 2.24 bits per heavy atom. The van der Waals surface area contributed by atoms with Crippen molar-refractivity contribution < 1.29 is 14.3 Å². The molecule has 1 aromatic carbocycles. The van der Waals surface area contributed by atoms with E-state index in [0.717, 1.165) is 0 Å². The molecule has 0 saturated carbocycles. The van der Waals surface area contributed by atoms with Crippen molar-refractivity contribution >= 4 is 29.0 Å². The fourth-order valence-corrected chi connectivity index (χ4v) is 1.85. The van der Waals surface area contributed by atoms with Crippen molar-refractivity contribution in [1.29, 1.82) is 0 Å². The number of Topliss-reactive ketones (excluding diaryl/α,β-unsaturated/α-hetero) is 1. The minimum Gasteiger partial charge on any atom is -0.489 e. The number of carbonyl (C=O) groups excluding carboxylic acids is 2. The maximum absolute atomic E-state index is 11.7. The predicted octanol–water partition coefficient (Wildman–Crippen LogP) is 2.51. The summed E-state index contributed by atoms with van der Waals surface area (Å²) in [5, 5.41) is 3.04. The standard InChI is InChI=1S/C12H12ClNO3/c1-6-5-17-11-9(13)3-8(7(2)15)4-10(11)14-12(6)16/h3-4,6H,5H2,1-2H3,(H,14,16). The second-order valence-electron chi connectivity index (χ2n) is 4.09. The number of halogens is 1. The van der Waals surface area contributed by atoms with Crippen molar-refractivity contribution in [2.24, 2.45) is 5.92 Å². The summed E-state index contributed by atoms with van der Waals surface area (Å²) in [5.41, 5.74) is 0.907. The van der Waals surface area contributed by atoms with Crippen LogP contribution in [0.25, 0.3) is 0 Å². The number of benzene rings is 1. The van der Waals surface area contributed by atoms with E-state index in [4.69, 9.17) is 16.3 Å². The highest BCUT2D eigenvalue weighted by Crippen LogP contribution is 2.36. The summed E-state index contributed by atoms with van der Waals surface area (Å²) in [6.07, 6.45) is 0. The Morgan fingerprint density at radius 3 is 2.88 bits per heavy atom. The van der Waals surface area contributed by atoms with Gasteiger partial charge in [-0.1, -0.05) is 18.5 Å². The van der Waals surface area contributed by atoms with Gasteiger partial charge < -0.3 is 10.1 Å². The van der Waals surface area contributed by atoms with Crippen molar-refractivity contribution in [3.05, 3.63) is 22.7 Å². The number of rotatable bonds is 1. The number of ketones is 1. The first-order valence-corrected chi connectivity index (χ1v) is 5.65. The van der Waals surface area contributed by atoms with Crippen molar-refractivity contribution in [2.75, 3.05) is 11.9 Å². The lowest BCUT2D eigenvalue weighted by Gasteiger charge is -2.10. The minimum absolute atomic E-state index is 0.110. The number of hydrogen-bond donors (Lipinski definition) is 1. The lowest BCUT2D eigenvalue weighted by atomic mass is 10.1. The van der Waals surface area contributed by atoms with Gasteiger partial charge in [0.2, 0.25) is 5.91 Å². The summed E-state index contributed by atoms with van der Waals surface area (Å²) < 4.78 is 5.47. The normalized spacial score (nSPS) is 18.8. The Labute approximate surface area is 104 Å². The van der Waals surface area contributed by atoms with Gasteiger partial charge in [0.15, 0.2) is 11.5 Å². The van der Waals surface area contributed by atoms with E-state index >= 15 is 0 Å². The molecule has 1 amide bonds. The molecule has 1 N–H and O–H groups in total. The average molecular weight is 254 g/mol. The summed E-state index contributed by atoms with van der Waals surface area (Å²) in [4.78, 5) is 23.0. The highest BCUT2D eigenvalue weighted by atomic mass is 35.5. The van der Waals surface area contributed by atoms with E-state index in [9.17, 15) is 9.59 Å². The molecule has 1 aliphatic heterocycles. The molecule has 5 heteroatoms. The van der Waals surface area contributed by atoms with Gasteiger partial charge in [0.1, 0.15) is 0 Å². The van der Waals surface area contributed by atoms with Crippen molar-refractivity contribution in [2.45, 2.75) is 13.8 Å². The molecule has 0 radical (unpaired) electrons. The number of hydrogen-bond acceptors (Lipinski definition) is 3. The third kappa shape index (κ3) is 2.26. The minimum atomic E-state index is -0.251. The summed E-state index contributed by atoms with van der Waals surface area (Å²) in [6, 6.07) is 3.13. The lowest BCUT2D eigenvalue weighted by Crippen LogP contribution is -2.22. The van der Waals surface area contributed by atoms with Crippen LogP contribution in [0.4, 0.5) is 5.69 Å². The Hall–Kier alpha value is -1.55. The predicted molar refractivity (Wildman–Crippen MR) is 64.7 cm³/mol. The van der Waals surface area contributed by atoms with Crippen LogP contribution in [0.15, 0.2) is 12.1 Å². The summed E-state index contributed by atoms with van der Waals surface area (Å²) in [7, 11) is 0. The summed E-state index contributed by atoms with van der Waals surface area (Å²) in [5.74, 6) is -0.0737. The molecule has 1 heterocycles. The number of fused-ring (bicyclic) bond motifs is 1. The van der Waals surface area contributed by atoms with Gasteiger partial charge >= 0.3 is 0 Å². The largest absolute Gasteiger partial charge is 0.489 e. The van der Waals surface area contributed by atoms with Gasteiger partial charge in [-0.25, -0.2) is 0 Å². The molecule has 17 heavy (non-hydrogen) atoms. The molecule has 90 valence electrons. The maximum Gasteiger partial charge on any atom is 0.230 e. The smallest absolute Gasteiger partial charge is 0.230 e. The average Bonchev–Trinajstić information content (AvgIpc) is 2.39. The fraction of sp³-hybridized carbons (Fsp3) is 0.333. The first-order chi connectivity index (χ1) is 7.99. The van der Waals surface area contributed by atoms with Gasteiger partial charge in [-0.15, -0.1) is 0 Å². The third-order valence-corrected chi connectivity index (χ3v) is 2.91. The van der Waals surface area contributed by atoms with E-state index in [-0.39, 0.29) is 24.2 Å². The van der Waals surface area contributed by atoms with Crippen LogP contribution in [-0.4, -0.2) is 18.3 Å². The monoisotopic (exact) mass is 253 g/mol. The number of ether oxygens (including phenoxy) is 1. The molecule has 0 spiro atoms. The van der Waals surface area contributed by atoms with E-state index in [0.29, 0.717) is 22.0 Å². The molecular weight excluding hydrogens is 242 g/mol. The van der Waals surface area contributed by atoms with Crippen molar-refractivity contribution in [1.82, 2.24) is 0 Å². The third-order valence-electron chi connectivity index (χ3n) is 2.63. The Bertz CT molecular complexity index is 499.